The molecule has 116 valence electrons. The van der Waals surface area contributed by atoms with Gasteiger partial charge in [0.1, 0.15) is 5.60 Å². The van der Waals surface area contributed by atoms with E-state index >= 15 is 0 Å². The Labute approximate surface area is 125 Å². The van der Waals surface area contributed by atoms with Crippen molar-refractivity contribution >= 4 is 15.9 Å². The largest absolute Gasteiger partial charge is 0.444 e. The first-order valence-electron chi connectivity index (χ1n) is 6.82. The summed E-state index contributed by atoms with van der Waals surface area (Å²) in [5, 5.41) is -0.590. The van der Waals surface area contributed by atoms with Crippen molar-refractivity contribution in [2.75, 3.05) is 13.1 Å². The Bertz CT molecular complexity index is 608. The zero-order valence-corrected chi connectivity index (χ0v) is 13.3. The number of ether oxygens (including phenoxy) is 1. The second-order valence-corrected chi connectivity index (χ2v) is 8.29. The Kier molecular flexibility index (Phi) is 4.22. The molecule has 1 amide bonds. The molecule has 1 aliphatic heterocycles. The first kappa shape index (κ1) is 15.8. The summed E-state index contributed by atoms with van der Waals surface area (Å²) in [7, 11) is -3.44. The SMILES string of the molecule is CC(C)(C)OC(=O)N1CCC(S(=O)(=O)c2ccncc2)C1. The molecule has 1 fully saturated rings. The van der Waals surface area contributed by atoms with E-state index in [-0.39, 0.29) is 11.4 Å². The van der Waals surface area contributed by atoms with Gasteiger partial charge in [-0.1, -0.05) is 0 Å². The third kappa shape index (κ3) is 3.72. The van der Waals surface area contributed by atoms with Crippen LogP contribution in [0, 0.1) is 0 Å². The maximum atomic E-state index is 12.5. The van der Waals surface area contributed by atoms with Crippen molar-refractivity contribution in [3.8, 4) is 0 Å². The van der Waals surface area contributed by atoms with Gasteiger partial charge in [-0.3, -0.25) is 4.98 Å². The highest BCUT2D eigenvalue weighted by Gasteiger charge is 2.37. The van der Waals surface area contributed by atoms with Crippen molar-refractivity contribution < 1.29 is 17.9 Å². The lowest BCUT2D eigenvalue weighted by atomic mass is 10.2. The van der Waals surface area contributed by atoms with Crippen LogP contribution < -0.4 is 0 Å². The van der Waals surface area contributed by atoms with Crippen LogP contribution in [-0.4, -0.2) is 48.3 Å². The third-order valence-corrected chi connectivity index (χ3v) is 5.41. The zero-order chi connectivity index (χ0) is 15.7. The number of likely N-dealkylation sites (tertiary alicyclic amines) is 1. The molecule has 0 spiro atoms. The Morgan fingerprint density at radius 2 is 1.95 bits per heavy atom. The molecule has 0 radical (unpaired) electrons. The molecular weight excluding hydrogens is 292 g/mol. The lowest BCUT2D eigenvalue weighted by Gasteiger charge is -2.24. The fourth-order valence-corrected chi connectivity index (χ4v) is 3.87. The van der Waals surface area contributed by atoms with Crippen molar-refractivity contribution in [2.45, 2.75) is 42.9 Å². The Morgan fingerprint density at radius 1 is 1.33 bits per heavy atom. The van der Waals surface area contributed by atoms with E-state index in [1.54, 1.807) is 20.8 Å². The number of carbonyl (C=O) groups excluding carboxylic acids is 1. The van der Waals surface area contributed by atoms with E-state index in [1.165, 1.54) is 29.4 Å². The first-order chi connectivity index (χ1) is 9.70. The van der Waals surface area contributed by atoms with Crippen molar-refractivity contribution in [3.63, 3.8) is 0 Å². The summed E-state index contributed by atoms with van der Waals surface area (Å²) >= 11 is 0. The lowest BCUT2D eigenvalue weighted by Crippen LogP contribution is -2.36. The van der Waals surface area contributed by atoms with Crippen molar-refractivity contribution in [1.29, 1.82) is 0 Å². The van der Waals surface area contributed by atoms with Crippen molar-refractivity contribution in [1.82, 2.24) is 9.88 Å². The van der Waals surface area contributed by atoms with Gasteiger partial charge in [-0.25, -0.2) is 13.2 Å². The van der Waals surface area contributed by atoms with Gasteiger partial charge in [0.2, 0.25) is 0 Å². The number of sulfone groups is 1. The molecule has 2 rings (SSSR count). The van der Waals surface area contributed by atoms with Gasteiger partial charge in [0.25, 0.3) is 0 Å². The van der Waals surface area contributed by atoms with E-state index in [4.69, 9.17) is 4.74 Å². The molecule has 1 unspecified atom stereocenters. The molecule has 0 saturated carbocycles. The van der Waals surface area contributed by atoms with Gasteiger partial charge in [-0.05, 0) is 39.3 Å². The molecule has 1 atom stereocenters. The van der Waals surface area contributed by atoms with Crippen LogP contribution in [0.2, 0.25) is 0 Å². The van der Waals surface area contributed by atoms with Gasteiger partial charge in [-0.15, -0.1) is 0 Å². The summed E-state index contributed by atoms with van der Waals surface area (Å²) in [5.41, 5.74) is -0.584. The van der Waals surface area contributed by atoms with Crippen LogP contribution in [0.1, 0.15) is 27.2 Å². The third-order valence-electron chi connectivity index (χ3n) is 3.21. The van der Waals surface area contributed by atoms with Crippen LogP contribution >= 0.6 is 0 Å². The summed E-state index contributed by atoms with van der Waals surface area (Å²) in [5.74, 6) is 0. The molecule has 0 aromatic carbocycles. The van der Waals surface area contributed by atoms with Crippen molar-refractivity contribution in [3.05, 3.63) is 24.5 Å². The smallest absolute Gasteiger partial charge is 0.410 e. The molecule has 0 aliphatic carbocycles. The predicted molar refractivity (Wildman–Crippen MR) is 77.6 cm³/mol. The summed E-state index contributed by atoms with van der Waals surface area (Å²) in [6, 6.07) is 2.96. The number of pyridine rings is 1. The Balaban J connectivity index is 2.07. The molecule has 1 aromatic rings. The minimum absolute atomic E-state index is 0.166. The van der Waals surface area contributed by atoms with E-state index in [1.807, 2.05) is 0 Å². The first-order valence-corrected chi connectivity index (χ1v) is 8.36. The molecule has 1 saturated heterocycles. The molecule has 1 aliphatic rings. The maximum absolute atomic E-state index is 12.5. The van der Waals surface area contributed by atoms with E-state index in [0.29, 0.717) is 13.0 Å². The average Bonchev–Trinajstić information content (AvgIpc) is 2.88. The standard InChI is InChI=1S/C14H20N2O4S/c1-14(2,3)20-13(17)16-9-6-12(10-16)21(18,19)11-4-7-15-8-5-11/h4-5,7-8,12H,6,9-10H2,1-3H3. The van der Waals surface area contributed by atoms with Gasteiger partial charge in [0.05, 0.1) is 10.1 Å². The molecule has 1 aromatic heterocycles. The van der Waals surface area contributed by atoms with Crippen LogP contribution in [0.15, 0.2) is 29.4 Å². The summed E-state index contributed by atoms with van der Waals surface area (Å²) < 4.78 is 30.2. The number of carbonyl (C=O) groups is 1. The van der Waals surface area contributed by atoms with Crippen LogP contribution in [0.3, 0.4) is 0 Å². The highest BCUT2D eigenvalue weighted by Crippen LogP contribution is 2.24. The van der Waals surface area contributed by atoms with E-state index < -0.39 is 26.8 Å². The number of hydrogen-bond donors (Lipinski definition) is 0. The van der Waals surface area contributed by atoms with Gasteiger partial charge in [-0.2, -0.15) is 0 Å². The summed E-state index contributed by atoms with van der Waals surface area (Å²) in [4.78, 5) is 17.5. The molecule has 0 N–H and O–H groups in total. The number of amides is 1. The predicted octanol–water partition coefficient (Wildman–Crippen LogP) is 1.86. The fourth-order valence-electron chi connectivity index (χ4n) is 2.19. The Morgan fingerprint density at radius 3 is 2.52 bits per heavy atom. The van der Waals surface area contributed by atoms with Crippen LogP contribution in [0.25, 0.3) is 0 Å². The van der Waals surface area contributed by atoms with Gasteiger partial charge in [0, 0.05) is 25.5 Å². The Hall–Kier alpha value is -1.63. The van der Waals surface area contributed by atoms with Crippen LogP contribution in [0.4, 0.5) is 4.79 Å². The quantitative estimate of drug-likeness (QED) is 0.833. The van der Waals surface area contributed by atoms with Crippen LogP contribution in [0.5, 0.6) is 0 Å². The van der Waals surface area contributed by atoms with Crippen molar-refractivity contribution in [2.24, 2.45) is 0 Å². The van der Waals surface area contributed by atoms with E-state index in [2.05, 4.69) is 4.98 Å². The summed E-state index contributed by atoms with van der Waals surface area (Å²) in [6.07, 6.45) is 2.86. The van der Waals surface area contributed by atoms with Gasteiger partial charge < -0.3 is 9.64 Å². The average molecular weight is 312 g/mol. The number of nitrogens with zero attached hydrogens (tertiary/aromatic N) is 2. The molecule has 6 nitrogen and oxygen atoms in total. The van der Waals surface area contributed by atoms with Gasteiger partial charge >= 0.3 is 6.09 Å². The maximum Gasteiger partial charge on any atom is 0.410 e. The number of aromatic nitrogens is 1. The van der Waals surface area contributed by atoms with Crippen LogP contribution in [-0.2, 0) is 14.6 Å². The van der Waals surface area contributed by atoms with Gasteiger partial charge in [0.15, 0.2) is 9.84 Å². The molecule has 0 bridgehead atoms. The fraction of sp³-hybridized carbons (Fsp3) is 0.571. The molecule has 2 heterocycles. The molecular formula is C14H20N2O4S. The van der Waals surface area contributed by atoms with E-state index in [0.717, 1.165) is 0 Å². The van der Waals surface area contributed by atoms with E-state index in [9.17, 15) is 13.2 Å². The lowest BCUT2D eigenvalue weighted by molar-refractivity contribution is 0.0295. The topological polar surface area (TPSA) is 76.6 Å². The molecule has 21 heavy (non-hydrogen) atoms. The second kappa shape index (κ2) is 5.63. The normalized spacial score (nSPS) is 19.6. The highest BCUT2D eigenvalue weighted by atomic mass is 32.2. The molecule has 7 heteroatoms. The highest BCUT2D eigenvalue weighted by molar-refractivity contribution is 7.92. The number of rotatable bonds is 2. The monoisotopic (exact) mass is 312 g/mol. The minimum atomic E-state index is -3.44. The second-order valence-electron chi connectivity index (χ2n) is 6.06. The minimum Gasteiger partial charge on any atom is -0.444 e. The number of hydrogen-bond acceptors (Lipinski definition) is 5. The summed E-state index contributed by atoms with van der Waals surface area (Å²) in [6.45, 7) is 5.91. The zero-order valence-electron chi connectivity index (χ0n) is 12.4.